The van der Waals surface area contributed by atoms with Crippen molar-refractivity contribution < 1.29 is 0 Å². The molecule has 1 rings (SSSR count). The smallest absolute Gasteiger partial charge is 0.0965 e. The Morgan fingerprint density at radius 3 is 2.71 bits per heavy atom. The van der Waals surface area contributed by atoms with Crippen LogP contribution in [-0.2, 0) is 13.1 Å². The zero-order valence-electron chi connectivity index (χ0n) is 11.8. The van der Waals surface area contributed by atoms with Crippen LogP contribution in [0.2, 0.25) is 0 Å². The maximum Gasteiger partial charge on any atom is 0.0965 e. The highest BCUT2D eigenvalue weighted by molar-refractivity contribution is 4.93. The summed E-state index contributed by atoms with van der Waals surface area (Å²) in [6.07, 6.45) is 4.52. The molecule has 0 spiro atoms. The summed E-state index contributed by atoms with van der Waals surface area (Å²) in [7, 11) is 0. The maximum absolute atomic E-state index is 4.18. The SMILES string of the molecule is CCCC(C)Cn1cc(CNC(C)(C)C)nn1. The predicted octanol–water partition coefficient (Wildman–Crippen LogP) is 2.60. The third-order valence-corrected chi connectivity index (χ3v) is 2.67. The lowest BCUT2D eigenvalue weighted by atomic mass is 10.1. The lowest BCUT2D eigenvalue weighted by Crippen LogP contribution is -2.35. The molecule has 1 unspecified atom stereocenters. The Morgan fingerprint density at radius 1 is 1.41 bits per heavy atom. The Balaban J connectivity index is 2.42. The van der Waals surface area contributed by atoms with Gasteiger partial charge in [0.2, 0.25) is 0 Å². The first kappa shape index (κ1) is 14.2. The van der Waals surface area contributed by atoms with Crippen molar-refractivity contribution in [2.45, 2.75) is 66.1 Å². The second kappa shape index (κ2) is 6.15. The third kappa shape index (κ3) is 5.82. The Kier molecular flexibility index (Phi) is 5.12. The molecule has 0 bridgehead atoms. The van der Waals surface area contributed by atoms with Crippen molar-refractivity contribution in [3.63, 3.8) is 0 Å². The van der Waals surface area contributed by atoms with Gasteiger partial charge in [0.1, 0.15) is 0 Å². The van der Waals surface area contributed by atoms with E-state index in [0.717, 1.165) is 18.8 Å². The molecule has 0 aliphatic heterocycles. The predicted molar refractivity (Wildman–Crippen MR) is 70.7 cm³/mol. The monoisotopic (exact) mass is 238 g/mol. The van der Waals surface area contributed by atoms with Gasteiger partial charge in [-0.25, -0.2) is 0 Å². The number of hydrogen-bond acceptors (Lipinski definition) is 3. The summed E-state index contributed by atoms with van der Waals surface area (Å²) in [5.41, 5.74) is 1.14. The molecule has 0 fully saturated rings. The van der Waals surface area contributed by atoms with E-state index in [4.69, 9.17) is 0 Å². The van der Waals surface area contributed by atoms with Crippen LogP contribution in [0.4, 0.5) is 0 Å². The van der Waals surface area contributed by atoms with Crippen molar-refractivity contribution in [3.8, 4) is 0 Å². The summed E-state index contributed by atoms with van der Waals surface area (Å²) in [4.78, 5) is 0. The molecule has 1 aromatic rings. The third-order valence-electron chi connectivity index (χ3n) is 2.67. The van der Waals surface area contributed by atoms with Gasteiger partial charge >= 0.3 is 0 Å². The second-order valence-electron chi connectivity index (χ2n) is 5.93. The summed E-state index contributed by atoms with van der Waals surface area (Å²) in [6, 6.07) is 0. The van der Waals surface area contributed by atoms with Crippen molar-refractivity contribution in [3.05, 3.63) is 11.9 Å². The molecule has 4 heteroatoms. The standard InChI is InChI=1S/C13H26N4/c1-6-7-11(2)9-17-10-12(15-16-17)8-14-13(3,4)5/h10-11,14H,6-9H2,1-5H3. The summed E-state index contributed by atoms with van der Waals surface area (Å²) >= 11 is 0. The Morgan fingerprint density at radius 2 is 2.12 bits per heavy atom. The quantitative estimate of drug-likeness (QED) is 0.828. The molecule has 0 amide bonds. The van der Waals surface area contributed by atoms with Crippen LogP contribution in [0.3, 0.4) is 0 Å². The van der Waals surface area contributed by atoms with Crippen LogP contribution in [0.5, 0.6) is 0 Å². The fraction of sp³-hybridized carbons (Fsp3) is 0.846. The van der Waals surface area contributed by atoms with Crippen LogP contribution >= 0.6 is 0 Å². The van der Waals surface area contributed by atoms with Crippen molar-refractivity contribution in [1.29, 1.82) is 0 Å². The Bertz CT molecular complexity index is 324. The number of hydrogen-bond donors (Lipinski definition) is 1. The van der Waals surface area contributed by atoms with Gasteiger partial charge in [0.15, 0.2) is 0 Å². The summed E-state index contributed by atoms with van der Waals surface area (Å²) in [5.74, 6) is 0.671. The average molecular weight is 238 g/mol. The van der Waals surface area contributed by atoms with E-state index in [1.165, 1.54) is 12.8 Å². The van der Waals surface area contributed by atoms with E-state index in [0.29, 0.717) is 5.92 Å². The maximum atomic E-state index is 4.18. The molecule has 1 aromatic heterocycles. The van der Waals surface area contributed by atoms with Gasteiger partial charge in [-0.1, -0.05) is 25.5 Å². The van der Waals surface area contributed by atoms with Gasteiger partial charge in [0, 0.05) is 24.8 Å². The first-order valence-corrected chi connectivity index (χ1v) is 6.54. The zero-order chi connectivity index (χ0) is 12.9. The van der Waals surface area contributed by atoms with Crippen LogP contribution < -0.4 is 5.32 Å². The lowest BCUT2D eigenvalue weighted by molar-refractivity contribution is 0.413. The first-order chi connectivity index (χ1) is 7.90. The lowest BCUT2D eigenvalue weighted by Gasteiger charge is -2.19. The van der Waals surface area contributed by atoms with Crippen LogP contribution in [0.25, 0.3) is 0 Å². The normalized spacial score (nSPS) is 13.9. The van der Waals surface area contributed by atoms with E-state index in [2.05, 4.69) is 50.2 Å². The van der Waals surface area contributed by atoms with Crippen molar-refractivity contribution in [2.24, 2.45) is 5.92 Å². The summed E-state index contributed by atoms with van der Waals surface area (Å²) in [6.45, 7) is 12.7. The molecule has 0 radical (unpaired) electrons. The molecule has 0 aromatic carbocycles. The van der Waals surface area contributed by atoms with Gasteiger partial charge in [-0.05, 0) is 33.1 Å². The van der Waals surface area contributed by atoms with Gasteiger partial charge < -0.3 is 5.32 Å². The summed E-state index contributed by atoms with van der Waals surface area (Å²) in [5, 5.41) is 11.8. The largest absolute Gasteiger partial charge is 0.306 e. The molecule has 1 atom stereocenters. The summed E-state index contributed by atoms with van der Waals surface area (Å²) < 4.78 is 1.96. The highest BCUT2D eigenvalue weighted by Crippen LogP contribution is 2.08. The van der Waals surface area contributed by atoms with Gasteiger partial charge in [0.25, 0.3) is 0 Å². The van der Waals surface area contributed by atoms with Gasteiger partial charge in [-0.15, -0.1) is 5.10 Å². The average Bonchev–Trinajstić information content (AvgIpc) is 2.62. The van der Waals surface area contributed by atoms with Crippen LogP contribution in [-0.4, -0.2) is 20.5 Å². The van der Waals surface area contributed by atoms with Crippen LogP contribution in [0.15, 0.2) is 6.20 Å². The Hall–Kier alpha value is -0.900. The number of rotatable bonds is 6. The number of nitrogens with one attached hydrogen (secondary N) is 1. The zero-order valence-corrected chi connectivity index (χ0v) is 11.8. The van der Waals surface area contributed by atoms with Gasteiger partial charge in [-0.3, -0.25) is 4.68 Å². The number of aromatic nitrogens is 3. The van der Waals surface area contributed by atoms with Crippen molar-refractivity contribution in [2.75, 3.05) is 0 Å². The van der Waals surface area contributed by atoms with Gasteiger partial charge in [-0.2, -0.15) is 0 Å². The molecular weight excluding hydrogens is 212 g/mol. The topological polar surface area (TPSA) is 42.7 Å². The molecule has 17 heavy (non-hydrogen) atoms. The van der Waals surface area contributed by atoms with Gasteiger partial charge in [0.05, 0.1) is 5.69 Å². The minimum Gasteiger partial charge on any atom is -0.306 e. The molecule has 98 valence electrons. The van der Waals surface area contributed by atoms with E-state index < -0.39 is 0 Å². The van der Waals surface area contributed by atoms with E-state index >= 15 is 0 Å². The van der Waals surface area contributed by atoms with E-state index in [1.54, 1.807) is 0 Å². The molecule has 1 N–H and O–H groups in total. The molecule has 0 saturated carbocycles. The fourth-order valence-electron chi connectivity index (χ4n) is 1.77. The number of nitrogens with zero attached hydrogens (tertiary/aromatic N) is 3. The highest BCUT2D eigenvalue weighted by Gasteiger charge is 2.10. The van der Waals surface area contributed by atoms with Crippen molar-refractivity contribution >= 4 is 0 Å². The molecule has 0 saturated heterocycles. The first-order valence-electron chi connectivity index (χ1n) is 6.54. The van der Waals surface area contributed by atoms with E-state index in [-0.39, 0.29) is 5.54 Å². The van der Waals surface area contributed by atoms with Crippen LogP contribution in [0.1, 0.15) is 53.2 Å². The second-order valence-corrected chi connectivity index (χ2v) is 5.93. The van der Waals surface area contributed by atoms with Crippen LogP contribution in [0, 0.1) is 5.92 Å². The Labute approximate surface area is 105 Å². The molecule has 0 aliphatic carbocycles. The molecule has 1 heterocycles. The highest BCUT2D eigenvalue weighted by atomic mass is 15.4. The van der Waals surface area contributed by atoms with Crippen molar-refractivity contribution in [1.82, 2.24) is 20.3 Å². The fourth-order valence-corrected chi connectivity index (χ4v) is 1.77. The van der Waals surface area contributed by atoms with E-state index in [1.807, 2.05) is 10.9 Å². The van der Waals surface area contributed by atoms with E-state index in [9.17, 15) is 0 Å². The molecular formula is C13H26N4. The minimum atomic E-state index is 0.124. The minimum absolute atomic E-state index is 0.124. The molecule has 0 aliphatic rings. The molecule has 4 nitrogen and oxygen atoms in total.